The van der Waals surface area contributed by atoms with Crippen LogP contribution in [0.1, 0.15) is 12.5 Å². The van der Waals surface area contributed by atoms with Gasteiger partial charge in [-0.05, 0) is 31.0 Å². The van der Waals surface area contributed by atoms with Crippen LogP contribution in [0.3, 0.4) is 0 Å². The maximum absolute atomic E-state index is 12.7. The molecule has 0 aliphatic heterocycles. The largest absolute Gasteiger partial charge is 0.313 e. The first-order valence-electron chi connectivity index (χ1n) is 5.79. The predicted octanol–water partition coefficient (Wildman–Crippen LogP) is 0.896. The highest BCUT2D eigenvalue weighted by Crippen LogP contribution is 2.05. The van der Waals surface area contributed by atoms with Crippen molar-refractivity contribution in [2.45, 2.75) is 19.4 Å². The third-order valence-electron chi connectivity index (χ3n) is 2.44. The highest BCUT2D eigenvalue weighted by Gasteiger charge is 2.04. The first-order chi connectivity index (χ1) is 8.37. The van der Waals surface area contributed by atoms with Crippen LogP contribution in [0.2, 0.25) is 0 Å². The normalized spacial score (nSPS) is 13.5. The zero-order valence-electron chi connectivity index (χ0n) is 10.6. The number of benzene rings is 1. The van der Waals surface area contributed by atoms with Gasteiger partial charge in [-0.2, -0.15) is 0 Å². The van der Waals surface area contributed by atoms with Crippen molar-refractivity contribution >= 4 is 10.0 Å². The van der Waals surface area contributed by atoms with E-state index in [1.54, 1.807) is 12.1 Å². The van der Waals surface area contributed by atoms with Crippen molar-refractivity contribution in [3.8, 4) is 0 Å². The Morgan fingerprint density at radius 3 is 2.39 bits per heavy atom. The second-order valence-corrected chi connectivity index (χ2v) is 6.19. The summed E-state index contributed by atoms with van der Waals surface area (Å²) in [6.45, 7) is 2.94. The maximum atomic E-state index is 12.7. The summed E-state index contributed by atoms with van der Waals surface area (Å²) in [5.41, 5.74) is 1.05. The molecule has 0 heterocycles. The molecule has 0 saturated heterocycles. The lowest BCUT2D eigenvalue weighted by Gasteiger charge is -2.13. The molecule has 1 aromatic rings. The Kier molecular flexibility index (Phi) is 5.71. The lowest BCUT2D eigenvalue weighted by atomic mass is 10.1. The number of nitrogens with one attached hydrogen (secondary N) is 2. The number of hydrogen-bond donors (Lipinski definition) is 2. The van der Waals surface area contributed by atoms with E-state index in [2.05, 4.69) is 10.0 Å². The summed E-state index contributed by atoms with van der Waals surface area (Å²) in [4.78, 5) is 0. The number of rotatable bonds is 7. The SMILES string of the molecule is CC(Cc1ccc(F)cc1)NCCNS(C)(=O)=O. The molecule has 0 aromatic heterocycles. The molecule has 18 heavy (non-hydrogen) atoms. The second kappa shape index (κ2) is 6.82. The summed E-state index contributed by atoms with van der Waals surface area (Å²) in [5.74, 6) is -0.239. The van der Waals surface area contributed by atoms with Crippen molar-refractivity contribution < 1.29 is 12.8 Å². The van der Waals surface area contributed by atoms with Crippen molar-refractivity contribution in [1.82, 2.24) is 10.0 Å². The molecule has 0 spiro atoms. The van der Waals surface area contributed by atoms with Crippen LogP contribution in [0.4, 0.5) is 4.39 Å². The van der Waals surface area contributed by atoms with Gasteiger partial charge in [-0.3, -0.25) is 0 Å². The van der Waals surface area contributed by atoms with Crippen LogP contribution in [0.15, 0.2) is 24.3 Å². The lowest BCUT2D eigenvalue weighted by Crippen LogP contribution is -2.36. The Hall–Kier alpha value is -0.980. The molecule has 1 atom stereocenters. The fourth-order valence-electron chi connectivity index (χ4n) is 1.60. The lowest BCUT2D eigenvalue weighted by molar-refractivity contribution is 0.537. The van der Waals surface area contributed by atoms with Crippen LogP contribution in [0, 0.1) is 5.82 Å². The van der Waals surface area contributed by atoms with E-state index in [0.29, 0.717) is 13.1 Å². The smallest absolute Gasteiger partial charge is 0.208 e. The summed E-state index contributed by atoms with van der Waals surface area (Å²) in [5, 5.41) is 3.20. The molecule has 0 aliphatic rings. The Morgan fingerprint density at radius 2 is 1.83 bits per heavy atom. The zero-order chi connectivity index (χ0) is 13.6. The third kappa shape index (κ3) is 6.68. The monoisotopic (exact) mass is 274 g/mol. The van der Waals surface area contributed by atoms with Gasteiger partial charge in [-0.15, -0.1) is 0 Å². The van der Waals surface area contributed by atoms with Crippen molar-refractivity contribution in [3.63, 3.8) is 0 Å². The van der Waals surface area contributed by atoms with Gasteiger partial charge >= 0.3 is 0 Å². The van der Waals surface area contributed by atoms with E-state index in [9.17, 15) is 12.8 Å². The van der Waals surface area contributed by atoms with E-state index in [4.69, 9.17) is 0 Å². The summed E-state index contributed by atoms with van der Waals surface area (Å²) >= 11 is 0. The summed E-state index contributed by atoms with van der Waals surface area (Å²) in [6, 6.07) is 6.59. The van der Waals surface area contributed by atoms with Gasteiger partial charge in [0.1, 0.15) is 5.82 Å². The van der Waals surface area contributed by atoms with Crippen LogP contribution >= 0.6 is 0 Å². The molecule has 102 valence electrons. The molecule has 0 bridgehead atoms. The summed E-state index contributed by atoms with van der Waals surface area (Å²) < 4.78 is 36.8. The van der Waals surface area contributed by atoms with E-state index < -0.39 is 10.0 Å². The van der Waals surface area contributed by atoms with E-state index >= 15 is 0 Å². The van der Waals surface area contributed by atoms with Crippen LogP contribution in [0.5, 0.6) is 0 Å². The molecule has 0 aliphatic carbocycles. The Labute approximate surface area is 108 Å². The molecule has 6 heteroatoms. The van der Waals surface area contributed by atoms with Crippen molar-refractivity contribution in [1.29, 1.82) is 0 Å². The minimum Gasteiger partial charge on any atom is -0.313 e. The molecule has 2 N–H and O–H groups in total. The summed E-state index contributed by atoms with van der Waals surface area (Å²) in [6.07, 6.45) is 1.91. The van der Waals surface area contributed by atoms with E-state index in [0.717, 1.165) is 18.2 Å². The maximum Gasteiger partial charge on any atom is 0.208 e. The van der Waals surface area contributed by atoms with Crippen molar-refractivity contribution in [2.75, 3.05) is 19.3 Å². The number of hydrogen-bond acceptors (Lipinski definition) is 3. The predicted molar refractivity (Wildman–Crippen MR) is 70.4 cm³/mol. The molecule has 1 unspecified atom stereocenters. The molecule has 0 amide bonds. The van der Waals surface area contributed by atoms with Crippen LogP contribution < -0.4 is 10.0 Å². The van der Waals surface area contributed by atoms with Gasteiger partial charge in [0, 0.05) is 19.1 Å². The molecule has 4 nitrogen and oxygen atoms in total. The highest BCUT2D eigenvalue weighted by molar-refractivity contribution is 7.88. The standard InChI is InChI=1S/C12H19FN2O2S/c1-10(14-7-8-15-18(2,16)17)9-11-3-5-12(13)6-4-11/h3-6,10,14-15H,7-9H2,1-2H3. The van der Waals surface area contributed by atoms with Gasteiger partial charge in [0.15, 0.2) is 0 Å². The second-order valence-electron chi connectivity index (χ2n) is 4.35. The van der Waals surface area contributed by atoms with Crippen LogP contribution in [0.25, 0.3) is 0 Å². The first-order valence-corrected chi connectivity index (χ1v) is 7.68. The minimum absolute atomic E-state index is 0.205. The van der Waals surface area contributed by atoms with Gasteiger partial charge in [-0.1, -0.05) is 12.1 Å². The zero-order valence-corrected chi connectivity index (χ0v) is 11.4. The van der Waals surface area contributed by atoms with Crippen LogP contribution in [-0.4, -0.2) is 33.8 Å². The summed E-state index contributed by atoms with van der Waals surface area (Å²) in [7, 11) is -3.12. The third-order valence-corrected chi connectivity index (χ3v) is 3.17. The molecule has 1 rings (SSSR count). The van der Waals surface area contributed by atoms with Gasteiger partial charge in [-0.25, -0.2) is 17.5 Å². The fraction of sp³-hybridized carbons (Fsp3) is 0.500. The minimum atomic E-state index is -3.12. The van der Waals surface area contributed by atoms with E-state index in [1.807, 2.05) is 6.92 Å². The quantitative estimate of drug-likeness (QED) is 0.726. The topological polar surface area (TPSA) is 58.2 Å². The van der Waals surface area contributed by atoms with Crippen molar-refractivity contribution in [2.24, 2.45) is 0 Å². The van der Waals surface area contributed by atoms with Crippen molar-refractivity contribution in [3.05, 3.63) is 35.6 Å². The highest BCUT2D eigenvalue weighted by atomic mass is 32.2. The first kappa shape index (κ1) is 15.1. The Morgan fingerprint density at radius 1 is 1.22 bits per heavy atom. The van der Waals surface area contributed by atoms with Gasteiger partial charge in [0.25, 0.3) is 0 Å². The molecule has 0 fully saturated rings. The molecule has 1 aromatic carbocycles. The fourth-order valence-corrected chi connectivity index (χ4v) is 2.07. The van der Waals surface area contributed by atoms with Crippen LogP contribution in [-0.2, 0) is 16.4 Å². The van der Waals surface area contributed by atoms with E-state index in [1.165, 1.54) is 12.1 Å². The number of sulfonamides is 1. The molecule has 0 saturated carbocycles. The molecule has 0 radical (unpaired) electrons. The van der Waals surface area contributed by atoms with Gasteiger partial charge in [0.05, 0.1) is 6.26 Å². The van der Waals surface area contributed by atoms with Gasteiger partial charge < -0.3 is 5.32 Å². The number of halogens is 1. The Bertz CT molecular complexity index is 459. The van der Waals surface area contributed by atoms with Gasteiger partial charge in [0.2, 0.25) is 10.0 Å². The average molecular weight is 274 g/mol. The average Bonchev–Trinajstić information content (AvgIpc) is 2.26. The Balaban J connectivity index is 2.25. The van der Waals surface area contributed by atoms with E-state index in [-0.39, 0.29) is 11.9 Å². The molecular formula is C12H19FN2O2S. The molecular weight excluding hydrogens is 255 g/mol.